The Morgan fingerprint density at radius 2 is 1.78 bits per heavy atom. The minimum absolute atomic E-state index is 0.109. The Kier molecular flexibility index (Phi) is 5.32. The van der Waals surface area contributed by atoms with Crippen molar-refractivity contribution in [2.24, 2.45) is 11.8 Å². The van der Waals surface area contributed by atoms with Gasteiger partial charge in [-0.05, 0) is 49.7 Å². The molecule has 0 unspecified atom stereocenters. The van der Waals surface area contributed by atoms with E-state index in [9.17, 15) is 18.0 Å². The number of halogens is 4. The Morgan fingerprint density at radius 1 is 1.22 bits per heavy atom. The number of fused-ring (bicyclic) bond motifs is 1. The molecule has 2 fully saturated rings. The van der Waals surface area contributed by atoms with Gasteiger partial charge in [0, 0.05) is 12.2 Å². The third-order valence-electron chi connectivity index (χ3n) is 4.51. The Balaban J connectivity index is 0.000000260. The van der Waals surface area contributed by atoms with Crippen LogP contribution in [0.15, 0.2) is 24.4 Å². The van der Waals surface area contributed by atoms with Gasteiger partial charge in [-0.1, -0.05) is 17.7 Å². The molecule has 4 rings (SSSR count). The van der Waals surface area contributed by atoms with E-state index in [1.165, 1.54) is 25.7 Å². The first-order valence-electron chi connectivity index (χ1n) is 8.42. The summed E-state index contributed by atoms with van der Waals surface area (Å²) in [6.07, 6.45) is 1.70. The molecule has 0 radical (unpaired) electrons. The number of nitrogens with one attached hydrogen (secondary N) is 1. The number of aromatic nitrogens is 2. The lowest BCUT2D eigenvalue weighted by Crippen LogP contribution is -2.38. The molecular formula is C17H17ClF3N3O3. The lowest BCUT2D eigenvalue weighted by Gasteiger charge is -2.16. The van der Waals surface area contributed by atoms with Gasteiger partial charge in [0.2, 0.25) is 5.82 Å². The molecule has 10 heteroatoms. The molecule has 2 heterocycles. The highest BCUT2D eigenvalue weighted by molar-refractivity contribution is 6.33. The third kappa shape index (κ3) is 4.71. The zero-order valence-electron chi connectivity index (χ0n) is 14.0. The molecule has 2 aromatic rings. The van der Waals surface area contributed by atoms with Gasteiger partial charge < -0.3 is 10.4 Å². The van der Waals surface area contributed by atoms with E-state index in [1.54, 1.807) is 4.40 Å². The predicted octanol–water partition coefficient (Wildman–Crippen LogP) is 3.54. The van der Waals surface area contributed by atoms with Crippen LogP contribution in [-0.4, -0.2) is 38.6 Å². The SMILES string of the molecule is O=C(NC(C1CC1)C1CC1)c1nc(Cl)c2ccccn12.O=C(O)C(F)(F)F. The highest BCUT2D eigenvalue weighted by Crippen LogP contribution is 2.44. The van der Waals surface area contributed by atoms with E-state index in [-0.39, 0.29) is 5.91 Å². The molecule has 27 heavy (non-hydrogen) atoms. The molecule has 0 spiro atoms. The zero-order chi connectivity index (χ0) is 19.8. The largest absolute Gasteiger partial charge is 0.490 e. The zero-order valence-corrected chi connectivity index (χ0v) is 14.8. The molecule has 1 amide bonds. The quantitative estimate of drug-likeness (QED) is 0.817. The first kappa shape index (κ1) is 19.5. The van der Waals surface area contributed by atoms with Gasteiger partial charge in [-0.15, -0.1) is 0 Å². The molecule has 2 aliphatic rings. The molecule has 0 aliphatic heterocycles. The average Bonchev–Trinajstić information content (AvgIpc) is 3.51. The fourth-order valence-corrected chi connectivity index (χ4v) is 3.14. The van der Waals surface area contributed by atoms with Crippen LogP contribution in [0.25, 0.3) is 5.52 Å². The van der Waals surface area contributed by atoms with Gasteiger partial charge in [0.15, 0.2) is 5.15 Å². The summed E-state index contributed by atoms with van der Waals surface area (Å²) in [6, 6.07) is 5.96. The van der Waals surface area contributed by atoms with Gasteiger partial charge >= 0.3 is 12.1 Å². The van der Waals surface area contributed by atoms with Crippen molar-refractivity contribution in [3.8, 4) is 0 Å². The molecule has 6 nitrogen and oxygen atoms in total. The van der Waals surface area contributed by atoms with Gasteiger partial charge in [0.25, 0.3) is 5.91 Å². The van der Waals surface area contributed by atoms with Gasteiger partial charge in [-0.2, -0.15) is 13.2 Å². The molecule has 0 aromatic carbocycles. The smallest absolute Gasteiger partial charge is 0.475 e. The highest BCUT2D eigenvalue weighted by atomic mass is 35.5. The van der Waals surface area contributed by atoms with Gasteiger partial charge in [0.1, 0.15) is 0 Å². The number of alkyl halides is 3. The number of carbonyl (C=O) groups excluding carboxylic acids is 1. The van der Waals surface area contributed by atoms with E-state index < -0.39 is 12.1 Å². The van der Waals surface area contributed by atoms with Crippen molar-refractivity contribution in [2.45, 2.75) is 37.9 Å². The fourth-order valence-electron chi connectivity index (χ4n) is 2.91. The summed E-state index contributed by atoms with van der Waals surface area (Å²) in [5, 5.41) is 10.7. The third-order valence-corrected chi connectivity index (χ3v) is 4.78. The van der Waals surface area contributed by atoms with E-state index in [4.69, 9.17) is 21.5 Å². The second-order valence-corrected chi connectivity index (χ2v) is 7.02. The number of carboxylic acid groups (broad SMARTS) is 1. The number of carboxylic acids is 1. The van der Waals surface area contributed by atoms with Crippen molar-refractivity contribution in [3.63, 3.8) is 0 Å². The monoisotopic (exact) mass is 403 g/mol. The van der Waals surface area contributed by atoms with Gasteiger partial charge in [-0.25, -0.2) is 9.78 Å². The number of imidazole rings is 1. The molecule has 2 saturated carbocycles. The second kappa shape index (κ2) is 7.38. The van der Waals surface area contributed by atoms with E-state index in [2.05, 4.69) is 10.3 Å². The highest BCUT2D eigenvalue weighted by Gasteiger charge is 2.42. The van der Waals surface area contributed by atoms with Crippen molar-refractivity contribution in [3.05, 3.63) is 35.4 Å². The number of carbonyl (C=O) groups is 2. The molecule has 0 saturated heterocycles. The van der Waals surface area contributed by atoms with E-state index in [1.807, 2.05) is 24.4 Å². The number of hydrogen-bond acceptors (Lipinski definition) is 3. The standard InChI is InChI=1S/C15H16ClN3O.C2HF3O2/c16-13-11-3-1-2-8-19(11)14(18-13)15(20)17-12(9-4-5-9)10-6-7-10;3-2(4,5)1(6)7/h1-3,8-10,12H,4-7H2,(H,17,20);(H,6,7). The first-order valence-corrected chi connectivity index (χ1v) is 8.80. The Hall–Kier alpha value is -2.29. The molecule has 2 aromatic heterocycles. The molecule has 2 N–H and O–H groups in total. The molecule has 2 aliphatic carbocycles. The van der Waals surface area contributed by atoms with Crippen molar-refractivity contribution in [2.75, 3.05) is 0 Å². The number of pyridine rings is 1. The number of aliphatic carboxylic acids is 1. The van der Waals surface area contributed by atoms with Crippen molar-refractivity contribution in [1.29, 1.82) is 0 Å². The Labute approximate surface area is 157 Å². The lowest BCUT2D eigenvalue weighted by molar-refractivity contribution is -0.192. The number of hydrogen-bond donors (Lipinski definition) is 2. The van der Waals surface area contributed by atoms with Crippen LogP contribution in [0, 0.1) is 11.8 Å². The average molecular weight is 404 g/mol. The van der Waals surface area contributed by atoms with Crippen molar-refractivity contribution >= 4 is 29.0 Å². The van der Waals surface area contributed by atoms with Gasteiger partial charge in [0.05, 0.1) is 5.52 Å². The second-order valence-electron chi connectivity index (χ2n) is 6.66. The minimum atomic E-state index is -5.08. The maximum Gasteiger partial charge on any atom is 0.490 e. The summed E-state index contributed by atoms with van der Waals surface area (Å²) in [5.41, 5.74) is 0.772. The topological polar surface area (TPSA) is 83.7 Å². The number of amides is 1. The molecule has 0 atom stereocenters. The summed E-state index contributed by atoms with van der Waals surface area (Å²) >= 11 is 6.10. The Bertz CT molecular complexity index is 848. The van der Waals surface area contributed by atoms with Crippen LogP contribution in [0.2, 0.25) is 5.15 Å². The van der Waals surface area contributed by atoms with E-state index in [0.29, 0.717) is 28.9 Å². The van der Waals surface area contributed by atoms with Crippen LogP contribution in [-0.2, 0) is 4.79 Å². The normalized spacial score (nSPS) is 16.8. The van der Waals surface area contributed by atoms with Crippen LogP contribution < -0.4 is 5.32 Å². The van der Waals surface area contributed by atoms with Crippen LogP contribution in [0.1, 0.15) is 36.3 Å². The van der Waals surface area contributed by atoms with E-state index in [0.717, 1.165) is 5.52 Å². The fraction of sp³-hybridized carbons (Fsp3) is 0.471. The van der Waals surface area contributed by atoms with Crippen molar-refractivity contribution < 1.29 is 27.9 Å². The molecular weight excluding hydrogens is 387 g/mol. The Morgan fingerprint density at radius 3 is 2.26 bits per heavy atom. The summed E-state index contributed by atoms with van der Waals surface area (Å²) in [5.74, 6) is -1.13. The van der Waals surface area contributed by atoms with Crippen LogP contribution >= 0.6 is 11.6 Å². The molecule has 0 bridgehead atoms. The number of nitrogens with zero attached hydrogens (tertiary/aromatic N) is 2. The summed E-state index contributed by atoms with van der Waals surface area (Å²) < 4.78 is 33.5. The summed E-state index contributed by atoms with van der Waals surface area (Å²) in [4.78, 5) is 25.6. The minimum Gasteiger partial charge on any atom is -0.475 e. The maximum absolute atomic E-state index is 12.5. The van der Waals surface area contributed by atoms with Crippen LogP contribution in [0.5, 0.6) is 0 Å². The van der Waals surface area contributed by atoms with Crippen molar-refractivity contribution in [1.82, 2.24) is 14.7 Å². The van der Waals surface area contributed by atoms with E-state index >= 15 is 0 Å². The van der Waals surface area contributed by atoms with Gasteiger partial charge in [-0.3, -0.25) is 9.20 Å². The first-order chi connectivity index (χ1) is 12.7. The maximum atomic E-state index is 12.5. The number of rotatable bonds is 4. The van der Waals surface area contributed by atoms with Crippen LogP contribution in [0.3, 0.4) is 0 Å². The summed E-state index contributed by atoms with van der Waals surface area (Å²) in [7, 11) is 0. The lowest BCUT2D eigenvalue weighted by atomic mass is 10.1. The predicted molar refractivity (Wildman–Crippen MR) is 90.6 cm³/mol. The summed E-state index contributed by atoms with van der Waals surface area (Å²) in [6.45, 7) is 0. The molecule has 146 valence electrons. The van der Waals surface area contributed by atoms with Crippen LogP contribution in [0.4, 0.5) is 13.2 Å².